The summed E-state index contributed by atoms with van der Waals surface area (Å²) in [5.74, 6) is 1.01. The highest BCUT2D eigenvalue weighted by molar-refractivity contribution is 5.86. The van der Waals surface area contributed by atoms with Gasteiger partial charge in [0.25, 0.3) is 0 Å². The number of aliphatic hydroxyl groups excluding tert-OH is 1. The van der Waals surface area contributed by atoms with Crippen LogP contribution in [0.1, 0.15) is 11.3 Å². The molecular weight excluding hydrogens is 254 g/mol. The van der Waals surface area contributed by atoms with Crippen LogP contribution in [0.3, 0.4) is 0 Å². The highest BCUT2D eigenvalue weighted by atomic mass is 16.5. The van der Waals surface area contributed by atoms with Crippen molar-refractivity contribution in [3.63, 3.8) is 0 Å². The predicted molar refractivity (Wildman–Crippen MR) is 73.4 cm³/mol. The monoisotopic (exact) mass is 265 g/mol. The zero-order valence-electron chi connectivity index (χ0n) is 10.5. The van der Waals surface area contributed by atoms with Gasteiger partial charge in [-0.05, 0) is 18.2 Å². The number of hydrogen-bond acceptors (Lipinski definition) is 4. The maximum atomic E-state index is 9.32. The van der Waals surface area contributed by atoms with Gasteiger partial charge in [-0.25, -0.2) is 0 Å². The zero-order chi connectivity index (χ0) is 13.9. The lowest BCUT2D eigenvalue weighted by Gasteiger charge is -2.08. The summed E-state index contributed by atoms with van der Waals surface area (Å²) in [5, 5.41) is 19.2. The Morgan fingerprint density at radius 2 is 1.85 bits per heavy atom. The number of benzene rings is 2. The van der Waals surface area contributed by atoms with Crippen molar-refractivity contribution in [2.45, 2.75) is 6.61 Å². The maximum Gasteiger partial charge on any atom is 0.247 e. The Kier molecular flexibility index (Phi) is 3.12. The van der Waals surface area contributed by atoms with Gasteiger partial charge < -0.3 is 14.3 Å². The molecule has 0 radical (unpaired) electrons. The Balaban J connectivity index is 2.13. The Labute approximate surface area is 115 Å². The van der Waals surface area contributed by atoms with E-state index in [1.807, 2.05) is 36.4 Å². The third-order valence-electron chi connectivity index (χ3n) is 3.01. The number of fused-ring (bicyclic) bond motifs is 1. The van der Waals surface area contributed by atoms with Crippen LogP contribution in [0.25, 0.3) is 11.0 Å². The number of nitrogens with zero attached hydrogens (tertiary/aromatic N) is 1. The average Bonchev–Trinajstić information content (AvgIpc) is 2.86. The van der Waals surface area contributed by atoms with Gasteiger partial charge in [-0.3, -0.25) is 0 Å². The Morgan fingerprint density at radius 1 is 1.10 bits per heavy atom. The second-order valence-electron chi connectivity index (χ2n) is 4.24. The molecule has 0 amide bonds. The van der Waals surface area contributed by atoms with Gasteiger partial charge in [0.1, 0.15) is 17.4 Å². The molecular formula is C16H11NO3. The fraction of sp³-hybridized carbons (Fsp3) is 0.0625. The van der Waals surface area contributed by atoms with E-state index in [2.05, 4.69) is 0 Å². The lowest BCUT2D eigenvalue weighted by molar-refractivity contribution is 0.276. The van der Waals surface area contributed by atoms with E-state index in [9.17, 15) is 5.11 Å². The molecule has 1 N–H and O–H groups in total. The van der Waals surface area contributed by atoms with Gasteiger partial charge in [0, 0.05) is 5.56 Å². The first-order chi connectivity index (χ1) is 9.83. The molecule has 1 aromatic heterocycles. The van der Waals surface area contributed by atoms with Crippen LogP contribution in [0.5, 0.6) is 11.5 Å². The molecule has 0 unspecified atom stereocenters. The van der Waals surface area contributed by atoms with E-state index in [0.717, 1.165) is 5.39 Å². The molecule has 2 aromatic carbocycles. The van der Waals surface area contributed by atoms with E-state index in [-0.39, 0.29) is 12.4 Å². The molecule has 0 fully saturated rings. The normalized spacial score (nSPS) is 10.4. The van der Waals surface area contributed by atoms with Crippen molar-refractivity contribution in [1.82, 2.24) is 0 Å². The highest BCUT2D eigenvalue weighted by Gasteiger charge is 2.16. The number of para-hydroxylation sites is 2. The van der Waals surface area contributed by atoms with Crippen molar-refractivity contribution < 1.29 is 14.3 Å². The SMILES string of the molecule is N#Cc1oc2ccccc2c1Oc1ccccc1CO. The van der Waals surface area contributed by atoms with Crippen LogP contribution in [-0.2, 0) is 6.61 Å². The van der Waals surface area contributed by atoms with Crippen molar-refractivity contribution in [3.05, 3.63) is 59.9 Å². The van der Waals surface area contributed by atoms with Crippen LogP contribution >= 0.6 is 0 Å². The topological polar surface area (TPSA) is 66.4 Å². The summed E-state index contributed by atoms with van der Waals surface area (Å²) in [7, 11) is 0. The summed E-state index contributed by atoms with van der Waals surface area (Å²) >= 11 is 0. The minimum atomic E-state index is -0.131. The number of ether oxygens (including phenoxy) is 1. The molecule has 1 heterocycles. The molecule has 0 bridgehead atoms. The quantitative estimate of drug-likeness (QED) is 0.785. The third-order valence-corrected chi connectivity index (χ3v) is 3.01. The van der Waals surface area contributed by atoms with E-state index in [0.29, 0.717) is 22.6 Å². The van der Waals surface area contributed by atoms with Crippen LogP contribution in [0.2, 0.25) is 0 Å². The molecule has 0 aliphatic heterocycles. The summed E-state index contributed by atoms with van der Waals surface area (Å²) in [6, 6.07) is 16.4. The summed E-state index contributed by atoms with van der Waals surface area (Å²) in [6.45, 7) is -0.131. The summed E-state index contributed by atoms with van der Waals surface area (Å²) in [4.78, 5) is 0. The van der Waals surface area contributed by atoms with Crippen molar-refractivity contribution >= 4 is 11.0 Å². The fourth-order valence-electron chi connectivity index (χ4n) is 2.04. The molecule has 0 saturated carbocycles. The van der Waals surface area contributed by atoms with Crippen LogP contribution < -0.4 is 4.74 Å². The number of aliphatic hydroxyl groups is 1. The lowest BCUT2D eigenvalue weighted by atomic mass is 10.2. The largest absolute Gasteiger partial charge is 0.451 e. The zero-order valence-corrected chi connectivity index (χ0v) is 10.5. The molecule has 0 atom stereocenters. The summed E-state index contributed by atoms with van der Waals surface area (Å²) in [5.41, 5.74) is 1.25. The number of nitriles is 1. The van der Waals surface area contributed by atoms with E-state index in [4.69, 9.17) is 14.4 Å². The Hall–Kier alpha value is -2.77. The van der Waals surface area contributed by atoms with Crippen molar-refractivity contribution in [3.8, 4) is 17.6 Å². The molecule has 0 saturated heterocycles. The first kappa shape index (κ1) is 12.3. The predicted octanol–water partition coefficient (Wildman–Crippen LogP) is 3.59. The van der Waals surface area contributed by atoms with Gasteiger partial charge in [0.15, 0.2) is 5.75 Å². The molecule has 0 aliphatic rings. The van der Waals surface area contributed by atoms with Crippen molar-refractivity contribution in [2.75, 3.05) is 0 Å². The number of hydrogen-bond donors (Lipinski definition) is 1. The molecule has 4 heteroatoms. The van der Waals surface area contributed by atoms with Gasteiger partial charge in [0.05, 0.1) is 12.0 Å². The van der Waals surface area contributed by atoms with Gasteiger partial charge in [-0.2, -0.15) is 5.26 Å². The summed E-state index contributed by atoms with van der Waals surface area (Å²) < 4.78 is 11.2. The van der Waals surface area contributed by atoms with Crippen LogP contribution in [0, 0.1) is 11.3 Å². The fourth-order valence-corrected chi connectivity index (χ4v) is 2.04. The maximum absolute atomic E-state index is 9.32. The van der Waals surface area contributed by atoms with E-state index >= 15 is 0 Å². The number of rotatable bonds is 3. The van der Waals surface area contributed by atoms with Gasteiger partial charge in [-0.1, -0.05) is 30.3 Å². The van der Waals surface area contributed by atoms with Gasteiger partial charge >= 0.3 is 0 Å². The van der Waals surface area contributed by atoms with E-state index < -0.39 is 0 Å². The Morgan fingerprint density at radius 3 is 2.65 bits per heavy atom. The van der Waals surface area contributed by atoms with Gasteiger partial charge in [-0.15, -0.1) is 0 Å². The molecule has 3 rings (SSSR count). The molecule has 98 valence electrons. The standard InChI is InChI=1S/C16H11NO3/c17-9-15-16(12-6-2-4-8-14(12)19-15)20-13-7-3-1-5-11(13)10-18/h1-8,18H,10H2. The smallest absolute Gasteiger partial charge is 0.247 e. The van der Waals surface area contributed by atoms with Crippen LogP contribution in [0.4, 0.5) is 0 Å². The number of furan rings is 1. The molecule has 4 nitrogen and oxygen atoms in total. The molecule has 3 aromatic rings. The second-order valence-corrected chi connectivity index (χ2v) is 4.24. The second kappa shape index (κ2) is 5.08. The average molecular weight is 265 g/mol. The van der Waals surface area contributed by atoms with Crippen LogP contribution in [0.15, 0.2) is 52.9 Å². The molecule has 0 aliphatic carbocycles. The molecule has 0 spiro atoms. The first-order valence-corrected chi connectivity index (χ1v) is 6.11. The molecule has 20 heavy (non-hydrogen) atoms. The third kappa shape index (κ3) is 2.00. The first-order valence-electron chi connectivity index (χ1n) is 6.11. The summed E-state index contributed by atoms with van der Waals surface area (Å²) in [6.07, 6.45) is 0. The van der Waals surface area contributed by atoms with Gasteiger partial charge in [0.2, 0.25) is 5.76 Å². The van der Waals surface area contributed by atoms with E-state index in [1.165, 1.54) is 0 Å². The highest BCUT2D eigenvalue weighted by Crippen LogP contribution is 2.36. The van der Waals surface area contributed by atoms with Crippen LogP contribution in [-0.4, -0.2) is 5.11 Å². The Bertz CT molecular complexity index is 799. The minimum absolute atomic E-state index is 0.124. The van der Waals surface area contributed by atoms with Crippen molar-refractivity contribution in [2.24, 2.45) is 0 Å². The lowest BCUT2D eigenvalue weighted by Crippen LogP contribution is -1.91. The van der Waals surface area contributed by atoms with E-state index in [1.54, 1.807) is 18.2 Å². The minimum Gasteiger partial charge on any atom is -0.451 e. The van der Waals surface area contributed by atoms with Crippen molar-refractivity contribution in [1.29, 1.82) is 5.26 Å².